The molecular weight excluding hydrogens is 435 g/mol. The zero-order valence-corrected chi connectivity index (χ0v) is 16.2. The number of alkyl halides is 4. The van der Waals surface area contributed by atoms with Gasteiger partial charge in [0.2, 0.25) is 0 Å². The van der Waals surface area contributed by atoms with Crippen molar-refractivity contribution in [3.05, 3.63) is 29.8 Å². The SMILES string of the molecule is CCC(COc1cccc(C(F)(F)F)c1)OC(=O)NCC1COC(CBr)O1. The number of carbonyl (C=O) groups excluding carboxylic acids is 1. The molecular formula is C17H21BrF3NO5. The molecule has 0 aliphatic carbocycles. The topological polar surface area (TPSA) is 66.0 Å². The number of hydrogen-bond acceptors (Lipinski definition) is 5. The van der Waals surface area contributed by atoms with E-state index >= 15 is 0 Å². The number of rotatable bonds is 8. The molecule has 6 nitrogen and oxygen atoms in total. The summed E-state index contributed by atoms with van der Waals surface area (Å²) >= 11 is 3.24. The number of amides is 1. The lowest BCUT2D eigenvalue weighted by atomic mass is 10.2. The van der Waals surface area contributed by atoms with E-state index in [4.69, 9.17) is 18.9 Å². The molecule has 0 spiro atoms. The van der Waals surface area contributed by atoms with Crippen LogP contribution in [0.1, 0.15) is 18.9 Å². The maximum atomic E-state index is 12.7. The minimum Gasteiger partial charge on any atom is -0.490 e. The number of halogens is 4. The van der Waals surface area contributed by atoms with Gasteiger partial charge in [-0.05, 0) is 24.6 Å². The third-order valence-corrected chi connectivity index (χ3v) is 4.27. The van der Waals surface area contributed by atoms with Crippen molar-refractivity contribution in [1.82, 2.24) is 5.32 Å². The lowest BCUT2D eigenvalue weighted by molar-refractivity contribution is -0.137. The van der Waals surface area contributed by atoms with Gasteiger partial charge in [0, 0.05) is 6.54 Å². The van der Waals surface area contributed by atoms with Crippen LogP contribution in [0, 0.1) is 0 Å². The first-order valence-electron chi connectivity index (χ1n) is 8.39. The molecule has 152 valence electrons. The predicted octanol–water partition coefficient (Wildman–Crippen LogP) is 3.73. The molecule has 1 N–H and O–H groups in total. The van der Waals surface area contributed by atoms with Crippen molar-refractivity contribution in [1.29, 1.82) is 0 Å². The molecule has 0 bridgehead atoms. The predicted molar refractivity (Wildman–Crippen MR) is 93.9 cm³/mol. The Morgan fingerprint density at radius 3 is 2.85 bits per heavy atom. The quantitative estimate of drug-likeness (QED) is 0.605. The highest BCUT2D eigenvalue weighted by atomic mass is 79.9. The molecule has 27 heavy (non-hydrogen) atoms. The van der Waals surface area contributed by atoms with Crippen molar-refractivity contribution in [2.75, 3.05) is 25.1 Å². The molecule has 0 saturated carbocycles. The summed E-state index contributed by atoms with van der Waals surface area (Å²) < 4.78 is 59.5. The van der Waals surface area contributed by atoms with E-state index in [1.54, 1.807) is 6.92 Å². The summed E-state index contributed by atoms with van der Waals surface area (Å²) in [6.07, 6.45) is -5.85. The normalized spacial score (nSPS) is 20.9. The van der Waals surface area contributed by atoms with E-state index in [2.05, 4.69) is 21.2 Å². The molecule has 2 rings (SSSR count). The Labute approximate surface area is 163 Å². The Morgan fingerprint density at radius 1 is 1.44 bits per heavy atom. The van der Waals surface area contributed by atoms with Crippen LogP contribution in [-0.4, -0.2) is 49.7 Å². The number of nitrogens with one attached hydrogen (secondary N) is 1. The van der Waals surface area contributed by atoms with Gasteiger partial charge in [-0.15, -0.1) is 0 Å². The number of hydrogen-bond donors (Lipinski definition) is 1. The third kappa shape index (κ3) is 7.19. The fourth-order valence-electron chi connectivity index (χ4n) is 2.27. The Kier molecular flexibility index (Phi) is 8.18. The van der Waals surface area contributed by atoms with Gasteiger partial charge in [0.05, 0.1) is 17.5 Å². The molecule has 1 aliphatic rings. The van der Waals surface area contributed by atoms with E-state index in [1.165, 1.54) is 12.1 Å². The van der Waals surface area contributed by atoms with Crippen molar-refractivity contribution < 1.29 is 36.9 Å². The minimum absolute atomic E-state index is 0.0556. The highest BCUT2D eigenvalue weighted by Crippen LogP contribution is 2.31. The van der Waals surface area contributed by atoms with Crippen LogP contribution in [0.4, 0.5) is 18.0 Å². The summed E-state index contributed by atoms with van der Waals surface area (Å²) in [6, 6.07) is 4.55. The lowest BCUT2D eigenvalue weighted by Crippen LogP contribution is -2.37. The van der Waals surface area contributed by atoms with Crippen LogP contribution < -0.4 is 10.1 Å². The smallest absolute Gasteiger partial charge is 0.416 e. The molecule has 1 saturated heterocycles. The molecule has 3 atom stereocenters. The zero-order chi connectivity index (χ0) is 19.9. The molecule has 1 aromatic rings. The van der Waals surface area contributed by atoms with Gasteiger partial charge < -0.3 is 24.3 Å². The Balaban J connectivity index is 1.76. The minimum atomic E-state index is -4.44. The van der Waals surface area contributed by atoms with E-state index in [9.17, 15) is 18.0 Å². The molecule has 10 heteroatoms. The Hall–Kier alpha value is -1.52. The summed E-state index contributed by atoms with van der Waals surface area (Å²) in [5, 5.41) is 3.12. The molecule has 1 aromatic carbocycles. The maximum absolute atomic E-state index is 12.7. The van der Waals surface area contributed by atoms with Gasteiger partial charge in [0.25, 0.3) is 0 Å². The first-order chi connectivity index (χ1) is 12.8. The van der Waals surface area contributed by atoms with Crippen LogP contribution >= 0.6 is 15.9 Å². The van der Waals surface area contributed by atoms with E-state index in [1.807, 2.05) is 0 Å². The van der Waals surface area contributed by atoms with Crippen molar-refractivity contribution in [2.45, 2.75) is 38.0 Å². The number of benzene rings is 1. The van der Waals surface area contributed by atoms with Crippen LogP contribution in [0.2, 0.25) is 0 Å². The highest BCUT2D eigenvalue weighted by molar-refractivity contribution is 9.09. The summed E-state index contributed by atoms with van der Waals surface area (Å²) in [7, 11) is 0. The molecule has 1 fully saturated rings. The van der Waals surface area contributed by atoms with E-state index < -0.39 is 23.9 Å². The van der Waals surface area contributed by atoms with Crippen LogP contribution in [0.15, 0.2) is 24.3 Å². The third-order valence-electron chi connectivity index (χ3n) is 3.74. The van der Waals surface area contributed by atoms with Crippen molar-refractivity contribution in [3.8, 4) is 5.75 Å². The first-order valence-corrected chi connectivity index (χ1v) is 9.51. The second-order valence-corrected chi connectivity index (χ2v) is 6.48. The average Bonchev–Trinajstić information content (AvgIpc) is 3.11. The van der Waals surface area contributed by atoms with Crippen LogP contribution in [-0.2, 0) is 20.4 Å². The Bertz CT molecular complexity index is 616. The summed E-state index contributed by atoms with van der Waals surface area (Å²) in [5.74, 6) is 0.0598. The van der Waals surface area contributed by atoms with Gasteiger partial charge in [-0.2, -0.15) is 13.2 Å². The first kappa shape index (κ1) is 21.8. The molecule has 3 unspecified atom stereocenters. The fraction of sp³-hybridized carbons (Fsp3) is 0.588. The van der Waals surface area contributed by atoms with Gasteiger partial charge >= 0.3 is 12.3 Å². The van der Waals surface area contributed by atoms with Crippen LogP contribution in [0.25, 0.3) is 0 Å². The van der Waals surface area contributed by atoms with Gasteiger partial charge in [-0.25, -0.2) is 4.79 Å². The highest BCUT2D eigenvalue weighted by Gasteiger charge is 2.30. The fourth-order valence-corrected chi connectivity index (χ4v) is 2.61. The maximum Gasteiger partial charge on any atom is 0.416 e. The second-order valence-electron chi connectivity index (χ2n) is 5.83. The zero-order valence-electron chi connectivity index (χ0n) is 14.6. The monoisotopic (exact) mass is 455 g/mol. The van der Waals surface area contributed by atoms with Crippen LogP contribution in [0.3, 0.4) is 0 Å². The summed E-state index contributed by atoms with van der Waals surface area (Å²) in [6.45, 7) is 2.32. The average molecular weight is 456 g/mol. The number of ether oxygens (including phenoxy) is 4. The molecule has 1 aliphatic heterocycles. The largest absolute Gasteiger partial charge is 0.490 e. The van der Waals surface area contributed by atoms with Crippen molar-refractivity contribution in [3.63, 3.8) is 0 Å². The van der Waals surface area contributed by atoms with Crippen molar-refractivity contribution in [2.24, 2.45) is 0 Å². The van der Waals surface area contributed by atoms with E-state index in [-0.39, 0.29) is 31.3 Å². The molecule has 0 aromatic heterocycles. The summed E-state index contributed by atoms with van der Waals surface area (Å²) in [5.41, 5.74) is -0.799. The standard InChI is InChI=1S/C17H21BrF3NO5/c1-2-12(9-24-13-5-3-4-11(6-13)17(19,20)21)27-16(23)22-8-14-10-25-15(7-18)26-14/h3-6,12,14-15H,2,7-10H2,1H3,(H,22,23). The van der Waals surface area contributed by atoms with E-state index in [0.717, 1.165) is 12.1 Å². The number of carbonyl (C=O) groups is 1. The van der Waals surface area contributed by atoms with Gasteiger partial charge in [-0.1, -0.05) is 28.9 Å². The second kappa shape index (κ2) is 10.1. The summed E-state index contributed by atoms with van der Waals surface area (Å²) in [4.78, 5) is 11.9. The molecule has 1 heterocycles. The van der Waals surface area contributed by atoms with Crippen LogP contribution in [0.5, 0.6) is 5.75 Å². The van der Waals surface area contributed by atoms with Gasteiger partial charge in [0.1, 0.15) is 24.6 Å². The molecule has 1 amide bonds. The lowest BCUT2D eigenvalue weighted by Gasteiger charge is -2.18. The molecule has 0 radical (unpaired) electrons. The van der Waals surface area contributed by atoms with E-state index in [0.29, 0.717) is 18.4 Å². The van der Waals surface area contributed by atoms with Gasteiger partial charge in [0.15, 0.2) is 6.29 Å². The number of alkyl carbamates (subject to hydrolysis) is 1. The Morgan fingerprint density at radius 2 is 2.22 bits per heavy atom. The van der Waals surface area contributed by atoms with Gasteiger partial charge in [-0.3, -0.25) is 0 Å². The van der Waals surface area contributed by atoms with Crippen molar-refractivity contribution >= 4 is 22.0 Å².